The lowest BCUT2D eigenvalue weighted by atomic mass is 9.73. The molecule has 23 heavy (non-hydrogen) atoms. The van der Waals surface area contributed by atoms with E-state index in [1.807, 2.05) is 33.8 Å². The third-order valence-corrected chi connectivity index (χ3v) is 5.25. The predicted molar refractivity (Wildman–Crippen MR) is 87.9 cm³/mol. The van der Waals surface area contributed by atoms with Crippen molar-refractivity contribution in [3.63, 3.8) is 0 Å². The van der Waals surface area contributed by atoms with Crippen LogP contribution in [0.25, 0.3) is 0 Å². The Morgan fingerprint density at radius 2 is 1.91 bits per heavy atom. The van der Waals surface area contributed by atoms with Gasteiger partial charge in [-0.3, -0.25) is 4.79 Å². The van der Waals surface area contributed by atoms with Gasteiger partial charge in [0.05, 0.1) is 16.9 Å². The summed E-state index contributed by atoms with van der Waals surface area (Å²) in [6.07, 6.45) is 1.64. The molecule has 1 atom stereocenters. The number of rotatable bonds is 2. The molecule has 1 fully saturated rings. The van der Waals surface area contributed by atoms with Gasteiger partial charge in [-0.05, 0) is 58.0 Å². The first-order valence-corrected chi connectivity index (χ1v) is 8.13. The highest BCUT2D eigenvalue weighted by Crippen LogP contribution is 2.42. The van der Waals surface area contributed by atoms with Crippen LogP contribution in [0.5, 0.6) is 0 Å². The van der Waals surface area contributed by atoms with Gasteiger partial charge in [0.15, 0.2) is 0 Å². The molecule has 4 nitrogen and oxygen atoms in total. The maximum Gasteiger partial charge on any atom is 0.458 e. The highest BCUT2D eigenvalue weighted by molar-refractivity contribution is 6.45. The van der Waals surface area contributed by atoms with E-state index in [1.54, 1.807) is 6.07 Å². The van der Waals surface area contributed by atoms with Crippen LogP contribution in [0.15, 0.2) is 18.2 Å². The summed E-state index contributed by atoms with van der Waals surface area (Å²) in [7, 11) is -0.352. The van der Waals surface area contributed by atoms with Crippen LogP contribution in [0, 0.1) is 5.82 Å². The maximum atomic E-state index is 14.1. The number of hydrogen-bond donors (Lipinski definition) is 1. The summed E-state index contributed by atoms with van der Waals surface area (Å²) < 4.78 is 26.2. The summed E-state index contributed by atoms with van der Waals surface area (Å²) in [6.45, 7) is 8.05. The Balaban J connectivity index is 1.85. The molecule has 0 aliphatic carbocycles. The van der Waals surface area contributed by atoms with Crippen molar-refractivity contribution in [3.8, 4) is 0 Å². The third kappa shape index (κ3) is 3.02. The molecule has 2 aliphatic rings. The summed E-state index contributed by atoms with van der Waals surface area (Å²) in [5.74, 6) is -0.515. The van der Waals surface area contributed by atoms with E-state index in [1.165, 1.54) is 6.07 Å². The zero-order valence-corrected chi connectivity index (χ0v) is 14.1. The van der Waals surface area contributed by atoms with Gasteiger partial charge in [0, 0.05) is 6.42 Å². The van der Waals surface area contributed by atoms with Crippen molar-refractivity contribution in [1.29, 1.82) is 0 Å². The molecule has 1 unspecified atom stereocenters. The van der Waals surface area contributed by atoms with Crippen molar-refractivity contribution in [2.45, 2.75) is 64.0 Å². The average molecular weight is 319 g/mol. The van der Waals surface area contributed by atoms with Crippen molar-refractivity contribution in [3.05, 3.63) is 29.6 Å². The lowest BCUT2D eigenvalue weighted by Crippen LogP contribution is -2.41. The number of halogens is 1. The predicted octanol–water partition coefficient (Wildman–Crippen LogP) is 3.73. The van der Waals surface area contributed by atoms with E-state index in [0.29, 0.717) is 24.8 Å². The Labute approximate surface area is 136 Å². The molecular weight excluding hydrogens is 296 g/mol. The van der Waals surface area contributed by atoms with Gasteiger partial charge in [-0.2, -0.15) is 0 Å². The Bertz CT molecular complexity index is 616. The van der Waals surface area contributed by atoms with E-state index in [0.717, 1.165) is 5.56 Å². The molecule has 0 radical (unpaired) electrons. The van der Waals surface area contributed by atoms with Gasteiger partial charge in [0.1, 0.15) is 5.82 Å². The van der Waals surface area contributed by atoms with Crippen molar-refractivity contribution in [1.82, 2.24) is 0 Å². The van der Waals surface area contributed by atoms with Crippen LogP contribution < -0.4 is 5.32 Å². The van der Waals surface area contributed by atoms with E-state index in [9.17, 15) is 9.18 Å². The van der Waals surface area contributed by atoms with Gasteiger partial charge in [-0.25, -0.2) is 4.39 Å². The van der Waals surface area contributed by atoms with Crippen molar-refractivity contribution in [2.75, 3.05) is 5.32 Å². The highest BCUT2D eigenvalue weighted by Gasteiger charge is 2.51. The van der Waals surface area contributed by atoms with E-state index >= 15 is 0 Å². The molecule has 6 heteroatoms. The molecule has 0 aromatic heterocycles. The number of carbonyl (C=O) groups excluding carboxylic acids is 1. The fourth-order valence-corrected chi connectivity index (χ4v) is 3.21. The molecule has 124 valence electrons. The second kappa shape index (κ2) is 5.60. The van der Waals surface area contributed by atoms with Crippen LogP contribution in [0.4, 0.5) is 10.1 Å². The van der Waals surface area contributed by atoms with Crippen molar-refractivity contribution >= 4 is 18.7 Å². The molecule has 0 bridgehead atoms. The van der Waals surface area contributed by atoms with Crippen LogP contribution in [0.3, 0.4) is 0 Å². The van der Waals surface area contributed by atoms with E-state index in [-0.39, 0.29) is 30.1 Å². The second-order valence-electron chi connectivity index (χ2n) is 7.41. The number of amides is 1. The Morgan fingerprint density at radius 1 is 1.26 bits per heavy atom. The van der Waals surface area contributed by atoms with Crippen LogP contribution >= 0.6 is 0 Å². The lowest BCUT2D eigenvalue weighted by molar-refractivity contribution is -0.116. The fraction of sp³-hybridized carbons (Fsp3) is 0.588. The third-order valence-electron chi connectivity index (χ3n) is 5.25. The molecule has 0 spiro atoms. The largest absolute Gasteiger partial charge is 0.458 e. The first kappa shape index (κ1) is 16.5. The minimum atomic E-state index is -0.392. The summed E-state index contributed by atoms with van der Waals surface area (Å²) in [5.41, 5.74) is 0.352. The number of benzene rings is 1. The number of para-hydroxylation sites is 1. The molecule has 1 aromatic carbocycles. The van der Waals surface area contributed by atoms with Gasteiger partial charge in [-0.15, -0.1) is 0 Å². The molecule has 0 saturated carbocycles. The Morgan fingerprint density at radius 3 is 2.57 bits per heavy atom. The molecule has 1 saturated heterocycles. The molecule has 1 N–H and O–H groups in total. The van der Waals surface area contributed by atoms with E-state index in [4.69, 9.17) is 9.31 Å². The SMILES string of the molecule is CC1(C)OB(CC2CCC(=O)Nc3c(F)cccc32)OC1(C)C. The zero-order valence-electron chi connectivity index (χ0n) is 14.1. The monoisotopic (exact) mass is 319 g/mol. The van der Waals surface area contributed by atoms with Gasteiger partial charge in [-0.1, -0.05) is 12.1 Å². The minimum absolute atomic E-state index is 0.0225. The van der Waals surface area contributed by atoms with E-state index < -0.39 is 5.82 Å². The van der Waals surface area contributed by atoms with Crippen LogP contribution in [-0.4, -0.2) is 24.2 Å². The number of anilines is 1. The van der Waals surface area contributed by atoms with Gasteiger partial charge >= 0.3 is 7.12 Å². The topological polar surface area (TPSA) is 47.6 Å². The summed E-state index contributed by atoms with van der Waals surface area (Å²) in [6, 6.07) is 4.93. The Hall–Kier alpha value is -1.40. The maximum absolute atomic E-state index is 14.1. The molecule has 3 rings (SSSR count). The van der Waals surface area contributed by atoms with Crippen molar-refractivity contribution < 1.29 is 18.5 Å². The summed E-state index contributed by atoms with van der Waals surface area (Å²) in [5, 5.41) is 2.68. The zero-order chi connectivity index (χ0) is 16.8. The molecule has 1 amide bonds. The van der Waals surface area contributed by atoms with Crippen LogP contribution in [0.1, 0.15) is 52.0 Å². The van der Waals surface area contributed by atoms with Gasteiger partial charge < -0.3 is 14.6 Å². The number of fused-ring (bicyclic) bond motifs is 1. The molecule has 2 aliphatic heterocycles. The van der Waals surface area contributed by atoms with Crippen molar-refractivity contribution in [2.24, 2.45) is 0 Å². The first-order chi connectivity index (χ1) is 10.7. The standard InChI is InChI=1S/C17H23BFNO3/c1-16(2)17(3,4)23-18(22-16)10-11-8-9-14(21)20-15-12(11)6-5-7-13(15)19/h5-7,11H,8-10H2,1-4H3,(H,20,21). The minimum Gasteiger partial charge on any atom is -0.403 e. The fourth-order valence-electron chi connectivity index (χ4n) is 3.21. The first-order valence-electron chi connectivity index (χ1n) is 8.13. The van der Waals surface area contributed by atoms with Gasteiger partial charge in [0.25, 0.3) is 0 Å². The van der Waals surface area contributed by atoms with E-state index in [2.05, 4.69) is 5.32 Å². The number of hydrogen-bond acceptors (Lipinski definition) is 3. The summed E-state index contributed by atoms with van der Waals surface area (Å²) in [4.78, 5) is 11.8. The molecular formula is C17H23BFNO3. The quantitative estimate of drug-likeness (QED) is 0.845. The van der Waals surface area contributed by atoms with Crippen LogP contribution in [0.2, 0.25) is 6.32 Å². The normalized spacial score (nSPS) is 25.7. The number of nitrogens with one attached hydrogen (secondary N) is 1. The molecule has 2 heterocycles. The van der Waals surface area contributed by atoms with Crippen LogP contribution in [-0.2, 0) is 14.1 Å². The highest BCUT2D eigenvalue weighted by atomic mass is 19.1. The summed E-state index contributed by atoms with van der Waals surface area (Å²) >= 11 is 0. The average Bonchev–Trinajstić information content (AvgIpc) is 2.56. The lowest BCUT2D eigenvalue weighted by Gasteiger charge is -2.32. The smallest absolute Gasteiger partial charge is 0.403 e. The second-order valence-corrected chi connectivity index (χ2v) is 7.41. The van der Waals surface area contributed by atoms with Gasteiger partial charge in [0.2, 0.25) is 5.91 Å². The number of carbonyl (C=O) groups is 1. The Kier molecular flexibility index (Phi) is 4.01. The molecule has 1 aromatic rings.